The molecular formula is C13H14ClN3OS. The lowest BCUT2D eigenvalue weighted by molar-refractivity contribution is 0.366. The fraction of sp³-hybridized carbons (Fsp3) is 0.231. The minimum absolute atomic E-state index is 0.551. The van der Waals surface area contributed by atoms with Gasteiger partial charge in [-0.2, -0.15) is 4.98 Å². The molecule has 2 rings (SSSR count). The number of halogens is 1. The molecule has 0 aliphatic carbocycles. The number of nitrogens with zero attached hydrogens (tertiary/aromatic N) is 2. The second-order valence-corrected chi connectivity index (χ2v) is 5.17. The number of benzene rings is 1. The van der Waals surface area contributed by atoms with Crippen molar-refractivity contribution in [3.8, 4) is 0 Å². The average Bonchev–Trinajstić information content (AvgIpc) is 2.86. The molecule has 1 aromatic carbocycles. The molecule has 0 unspecified atom stereocenters. The maximum Gasteiger partial charge on any atom is 0.240 e. The first kappa shape index (κ1) is 14.1. The van der Waals surface area contributed by atoms with Gasteiger partial charge < -0.3 is 9.84 Å². The second kappa shape index (κ2) is 7.33. The summed E-state index contributed by atoms with van der Waals surface area (Å²) in [6.07, 6.45) is 1.78. The van der Waals surface area contributed by atoms with Crippen LogP contribution in [-0.4, -0.2) is 16.7 Å². The molecule has 0 spiro atoms. The van der Waals surface area contributed by atoms with Gasteiger partial charge in [0.1, 0.15) is 0 Å². The van der Waals surface area contributed by atoms with Gasteiger partial charge in [0, 0.05) is 11.4 Å². The van der Waals surface area contributed by atoms with Crippen LogP contribution in [0.3, 0.4) is 0 Å². The van der Waals surface area contributed by atoms with E-state index in [1.165, 1.54) is 0 Å². The third-order valence-electron chi connectivity index (χ3n) is 2.27. The predicted molar refractivity (Wildman–Crippen MR) is 77.2 cm³/mol. The highest BCUT2D eigenvalue weighted by atomic mass is 35.5. The number of hydrogen-bond donors (Lipinski definition) is 1. The quantitative estimate of drug-likeness (QED) is 0.482. The lowest BCUT2D eigenvalue weighted by Crippen LogP contribution is -2.12. The maximum absolute atomic E-state index is 6.08. The number of thioether (sulfide) groups is 1. The zero-order valence-corrected chi connectivity index (χ0v) is 11.9. The van der Waals surface area contributed by atoms with E-state index in [-0.39, 0.29) is 0 Å². The molecule has 0 atom stereocenters. The summed E-state index contributed by atoms with van der Waals surface area (Å²) < 4.78 is 5.13. The molecule has 6 heteroatoms. The first-order chi connectivity index (χ1) is 9.29. The number of rotatable bonds is 7. The highest BCUT2D eigenvalue weighted by Crippen LogP contribution is 2.28. The highest BCUT2D eigenvalue weighted by Gasteiger charge is 2.07. The van der Waals surface area contributed by atoms with Crippen LogP contribution in [0, 0.1) is 0 Å². The van der Waals surface area contributed by atoms with E-state index in [2.05, 4.69) is 22.0 Å². The molecule has 0 aliphatic rings. The fourth-order valence-electron chi connectivity index (χ4n) is 1.41. The van der Waals surface area contributed by atoms with Gasteiger partial charge in [-0.3, -0.25) is 0 Å². The maximum atomic E-state index is 6.08. The van der Waals surface area contributed by atoms with Crippen LogP contribution < -0.4 is 5.32 Å². The molecular weight excluding hydrogens is 282 g/mol. The molecule has 100 valence electrons. The molecule has 4 nitrogen and oxygen atoms in total. The van der Waals surface area contributed by atoms with Crippen molar-refractivity contribution in [3.05, 3.63) is 53.7 Å². The van der Waals surface area contributed by atoms with Crippen LogP contribution in [0.15, 0.2) is 46.3 Å². The van der Waals surface area contributed by atoms with E-state index in [0.29, 0.717) is 30.6 Å². The molecule has 0 aliphatic heterocycles. The third kappa shape index (κ3) is 4.38. The summed E-state index contributed by atoms with van der Waals surface area (Å²) in [5.74, 6) is 1.88. The van der Waals surface area contributed by atoms with Gasteiger partial charge in [0.2, 0.25) is 5.89 Å². The Balaban J connectivity index is 1.86. The van der Waals surface area contributed by atoms with Crippen LogP contribution in [0.4, 0.5) is 0 Å². The molecule has 2 aromatic rings. The minimum Gasteiger partial charge on any atom is -0.338 e. The molecule has 0 bridgehead atoms. The Labute approximate surface area is 121 Å². The Morgan fingerprint density at radius 3 is 3.05 bits per heavy atom. The summed E-state index contributed by atoms with van der Waals surface area (Å²) in [5, 5.41) is 7.77. The predicted octanol–water partition coefficient (Wildman–Crippen LogP) is 3.29. The van der Waals surface area contributed by atoms with Crippen LogP contribution in [-0.2, 0) is 12.3 Å². The van der Waals surface area contributed by atoms with Crippen molar-refractivity contribution in [1.29, 1.82) is 0 Å². The SMILES string of the molecule is C=CCNCc1nc(CSc2ccccc2Cl)no1. The van der Waals surface area contributed by atoms with E-state index in [1.807, 2.05) is 24.3 Å². The van der Waals surface area contributed by atoms with E-state index in [9.17, 15) is 0 Å². The van der Waals surface area contributed by atoms with Crippen molar-refractivity contribution in [2.75, 3.05) is 6.54 Å². The summed E-state index contributed by atoms with van der Waals surface area (Å²) in [6.45, 7) is 4.89. The largest absolute Gasteiger partial charge is 0.338 e. The van der Waals surface area contributed by atoms with E-state index in [1.54, 1.807) is 17.8 Å². The number of nitrogens with one attached hydrogen (secondary N) is 1. The second-order valence-electron chi connectivity index (χ2n) is 3.74. The number of aromatic nitrogens is 2. The summed E-state index contributed by atoms with van der Waals surface area (Å²) in [4.78, 5) is 5.30. The first-order valence-electron chi connectivity index (χ1n) is 5.80. The van der Waals surface area contributed by atoms with Gasteiger partial charge in [0.15, 0.2) is 5.82 Å². The van der Waals surface area contributed by atoms with Crippen molar-refractivity contribution in [2.24, 2.45) is 0 Å². The Kier molecular flexibility index (Phi) is 5.44. The van der Waals surface area contributed by atoms with Gasteiger partial charge in [-0.1, -0.05) is 35.0 Å². The van der Waals surface area contributed by atoms with Crippen LogP contribution in [0.2, 0.25) is 5.02 Å². The molecule has 0 saturated heterocycles. The van der Waals surface area contributed by atoms with E-state index < -0.39 is 0 Å². The van der Waals surface area contributed by atoms with Gasteiger partial charge in [0.25, 0.3) is 0 Å². The lowest BCUT2D eigenvalue weighted by atomic mass is 10.4. The lowest BCUT2D eigenvalue weighted by Gasteiger charge is -2.00. The van der Waals surface area contributed by atoms with E-state index >= 15 is 0 Å². The van der Waals surface area contributed by atoms with Gasteiger partial charge in [0.05, 0.1) is 17.3 Å². The average molecular weight is 296 g/mol. The van der Waals surface area contributed by atoms with Crippen LogP contribution in [0.25, 0.3) is 0 Å². The zero-order chi connectivity index (χ0) is 13.5. The third-order valence-corrected chi connectivity index (χ3v) is 3.78. The highest BCUT2D eigenvalue weighted by molar-refractivity contribution is 7.98. The van der Waals surface area contributed by atoms with Gasteiger partial charge in [-0.15, -0.1) is 18.3 Å². The molecule has 1 N–H and O–H groups in total. The minimum atomic E-state index is 0.551. The molecule has 0 amide bonds. The molecule has 19 heavy (non-hydrogen) atoms. The Hall–Kier alpha value is -1.30. The monoisotopic (exact) mass is 295 g/mol. The summed E-state index contributed by atoms with van der Waals surface area (Å²) in [5.41, 5.74) is 0. The Bertz CT molecular complexity index is 544. The van der Waals surface area contributed by atoms with Crippen LogP contribution in [0.1, 0.15) is 11.7 Å². The molecule has 0 radical (unpaired) electrons. The van der Waals surface area contributed by atoms with Crippen molar-refractivity contribution < 1.29 is 4.52 Å². The smallest absolute Gasteiger partial charge is 0.240 e. The van der Waals surface area contributed by atoms with Crippen molar-refractivity contribution >= 4 is 23.4 Å². The molecule has 0 fully saturated rings. The van der Waals surface area contributed by atoms with E-state index in [0.717, 1.165) is 9.92 Å². The van der Waals surface area contributed by atoms with Crippen LogP contribution >= 0.6 is 23.4 Å². The van der Waals surface area contributed by atoms with Crippen molar-refractivity contribution in [3.63, 3.8) is 0 Å². The molecule has 0 saturated carbocycles. The first-order valence-corrected chi connectivity index (χ1v) is 7.16. The van der Waals surface area contributed by atoms with Gasteiger partial charge in [-0.05, 0) is 12.1 Å². The fourth-order valence-corrected chi connectivity index (χ4v) is 2.49. The molecule has 1 aromatic heterocycles. The number of hydrogen-bond acceptors (Lipinski definition) is 5. The normalized spacial score (nSPS) is 10.6. The summed E-state index contributed by atoms with van der Waals surface area (Å²) >= 11 is 7.66. The topological polar surface area (TPSA) is 51.0 Å². The van der Waals surface area contributed by atoms with Crippen molar-refractivity contribution in [2.45, 2.75) is 17.2 Å². The van der Waals surface area contributed by atoms with Crippen molar-refractivity contribution in [1.82, 2.24) is 15.5 Å². The van der Waals surface area contributed by atoms with E-state index in [4.69, 9.17) is 16.1 Å². The Morgan fingerprint density at radius 2 is 2.26 bits per heavy atom. The standard InChI is InChI=1S/C13H14ClN3OS/c1-2-7-15-8-13-16-12(17-18-13)9-19-11-6-4-3-5-10(11)14/h2-6,15H,1,7-9H2. The van der Waals surface area contributed by atoms with Gasteiger partial charge >= 0.3 is 0 Å². The zero-order valence-electron chi connectivity index (χ0n) is 10.3. The molecule has 1 heterocycles. The summed E-state index contributed by atoms with van der Waals surface area (Å²) in [7, 11) is 0. The Morgan fingerprint density at radius 1 is 1.42 bits per heavy atom. The van der Waals surface area contributed by atoms with Crippen LogP contribution in [0.5, 0.6) is 0 Å². The van der Waals surface area contributed by atoms with Gasteiger partial charge in [-0.25, -0.2) is 0 Å². The summed E-state index contributed by atoms with van der Waals surface area (Å²) in [6, 6.07) is 7.70.